The van der Waals surface area contributed by atoms with Crippen LogP contribution in [0.25, 0.3) is 0 Å². The fraction of sp³-hybridized carbons (Fsp3) is 0.476. The Labute approximate surface area is 161 Å². The lowest BCUT2D eigenvalue weighted by Crippen LogP contribution is -2.48. The van der Waals surface area contributed by atoms with E-state index in [0.717, 1.165) is 30.2 Å². The van der Waals surface area contributed by atoms with Gasteiger partial charge in [0.1, 0.15) is 0 Å². The van der Waals surface area contributed by atoms with E-state index in [9.17, 15) is 4.79 Å². The second-order valence-electron chi connectivity index (χ2n) is 7.58. The molecule has 1 aliphatic heterocycles. The number of hydrogen-bond donors (Lipinski definition) is 2. The van der Waals surface area contributed by atoms with Crippen LogP contribution in [0.4, 0.5) is 5.82 Å². The molecule has 1 aliphatic rings. The molecule has 1 amide bonds. The Bertz CT molecular complexity index is 757. The summed E-state index contributed by atoms with van der Waals surface area (Å²) in [5.74, 6) is 1.40. The Balaban J connectivity index is 1.59. The maximum atomic E-state index is 12.6. The molecule has 27 heavy (non-hydrogen) atoms. The van der Waals surface area contributed by atoms with Crippen LogP contribution in [-0.2, 0) is 11.2 Å². The summed E-state index contributed by atoms with van der Waals surface area (Å²) < 4.78 is 0. The molecule has 1 aromatic heterocycles. The number of carbonyl (C=O) groups excluding carboxylic acids is 1. The highest BCUT2D eigenvalue weighted by molar-refractivity contribution is 5.79. The monoisotopic (exact) mass is 367 g/mol. The molecule has 0 saturated carbocycles. The van der Waals surface area contributed by atoms with E-state index in [1.807, 2.05) is 38.2 Å². The minimum absolute atomic E-state index is 0.0422. The van der Waals surface area contributed by atoms with Gasteiger partial charge in [0.25, 0.3) is 0 Å². The molecule has 2 N–H and O–H groups in total. The van der Waals surface area contributed by atoms with Crippen molar-refractivity contribution in [3.05, 3.63) is 53.2 Å². The van der Waals surface area contributed by atoms with Crippen molar-refractivity contribution in [1.29, 1.82) is 0 Å². The van der Waals surface area contributed by atoms with Crippen LogP contribution in [0, 0.1) is 6.92 Å². The van der Waals surface area contributed by atoms with Gasteiger partial charge in [-0.2, -0.15) is 5.10 Å². The van der Waals surface area contributed by atoms with Gasteiger partial charge >= 0.3 is 0 Å². The number of likely N-dealkylation sites (N-methyl/N-ethyl adjacent to an activating group) is 1. The molecule has 1 aromatic carbocycles. The third kappa shape index (κ3) is 4.83. The van der Waals surface area contributed by atoms with Crippen LogP contribution in [0.1, 0.15) is 36.6 Å². The summed E-state index contributed by atoms with van der Waals surface area (Å²) in [4.78, 5) is 14.7. The minimum atomic E-state index is 0.0422. The molecule has 0 bridgehead atoms. The summed E-state index contributed by atoms with van der Waals surface area (Å²) in [6.07, 6.45) is 0.398. The first kappa shape index (κ1) is 19.3. The molecule has 1 saturated heterocycles. The number of carbonyl (C=O) groups is 1. The highest BCUT2D eigenvalue weighted by Crippen LogP contribution is 2.18. The number of aromatic nitrogens is 2. The van der Waals surface area contributed by atoms with Crippen LogP contribution in [0.2, 0.25) is 0 Å². The van der Waals surface area contributed by atoms with Gasteiger partial charge in [0.05, 0.1) is 18.2 Å². The first-order valence-corrected chi connectivity index (χ1v) is 9.57. The van der Waals surface area contributed by atoms with Gasteiger partial charge in [-0.3, -0.25) is 4.79 Å². The van der Waals surface area contributed by atoms with E-state index in [4.69, 9.17) is 0 Å². The molecule has 0 spiro atoms. The number of rotatable bonds is 6. The number of nitrogens with zero attached hydrogens (tertiary/aromatic N) is 3. The van der Waals surface area contributed by atoms with Crippen molar-refractivity contribution in [2.45, 2.75) is 45.2 Å². The second-order valence-corrected chi connectivity index (χ2v) is 7.58. The van der Waals surface area contributed by atoms with Gasteiger partial charge in [-0.15, -0.1) is 5.10 Å². The summed E-state index contributed by atoms with van der Waals surface area (Å²) >= 11 is 0. The van der Waals surface area contributed by atoms with E-state index in [0.29, 0.717) is 12.3 Å². The van der Waals surface area contributed by atoms with Crippen molar-refractivity contribution in [1.82, 2.24) is 20.8 Å². The zero-order valence-electron chi connectivity index (χ0n) is 16.6. The summed E-state index contributed by atoms with van der Waals surface area (Å²) in [6, 6.07) is 12.5. The SMILES string of the molecule is CN[C@@H]1CN(c2ccc(C)nn2)C[C@@H]1NC(=O)Cc1ccc(C(C)C)cc1. The Hall–Kier alpha value is -2.47. The van der Waals surface area contributed by atoms with Gasteiger partial charge in [-0.1, -0.05) is 38.1 Å². The van der Waals surface area contributed by atoms with E-state index >= 15 is 0 Å². The van der Waals surface area contributed by atoms with E-state index in [1.165, 1.54) is 5.56 Å². The normalized spacial score (nSPS) is 19.5. The predicted molar refractivity (Wildman–Crippen MR) is 108 cm³/mol. The molecule has 6 heteroatoms. The quantitative estimate of drug-likeness (QED) is 0.818. The predicted octanol–water partition coefficient (Wildman–Crippen LogP) is 2.04. The number of anilines is 1. The molecule has 144 valence electrons. The minimum Gasteiger partial charge on any atom is -0.351 e. The van der Waals surface area contributed by atoms with Crippen LogP contribution >= 0.6 is 0 Å². The van der Waals surface area contributed by atoms with Crippen molar-refractivity contribution in [3.63, 3.8) is 0 Å². The van der Waals surface area contributed by atoms with Gasteiger partial charge < -0.3 is 15.5 Å². The third-order valence-corrected chi connectivity index (χ3v) is 5.16. The van der Waals surface area contributed by atoms with Crippen molar-refractivity contribution in [3.8, 4) is 0 Å². The van der Waals surface area contributed by atoms with Crippen molar-refractivity contribution < 1.29 is 4.79 Å². The van der Waals surface area contributed by atoms with Crippen molar-refractivity contribution >= 4 is 11.7 Å². The summed E-state index contributed by atoms with van der Waals surface area (Å²) in [5.41, 5.74) is 3.23. The lowest BCUT2D eigenvalue weighted by molar-refractivity contribution is -0.121. The molecule has 3 rings (SSSR count). The first-order valence-electron chi connectivity index (χ1n) is 9.57. The molecule has 1 fully saturated rings. The highest BCUT2D eigenvalue weighted by atomic mass is 16.1. The molecule has 0 aliphatic carbocycles. The Morgan fingerprint density at radius 3 is 2.41 bits per heavy atom. The molecule has 2 heterocycles. The number of aryl methyl sites for hydroxylation is 1. The standard InChI is InChI=1S/C21H29N5O/c1-14(2)17-8-6-16(7-9-17)11-21(27)23-19-13-26(12-18(19)22-4)20-10-5-15(3)24-25-20/h5-10,14,18-19,22H,11-13H2,1-4H3,(H,23,27)/t18-,19+/m1/s1. The van der Waals surface area contributed by atoms with E-state index in [-0.39, 0.29) is 18.0 Å². The Morgan fingerprint density at radius 1 is 1.11 bits per heavy atom. The summed E-state index contributed by atoms with van der Waals surface area (Å²) in [7, 11) is 1.93. The third-order valence-electron chi connectivity index (χ3n) is 5.16. The van der Waals surface area contributed by atoms with Crippen LogP contribution in [0.15, 0.2) is 36.4 Å². The first-order chi connectivity index (χ1) is 13.0. The number of benzene rings is 1. The molecular formula is C21H29N5O. The maximum Gasteiger partial charge on any atom is 0.224 e. The van der Waals surface area contributed by atoms with Crippen molar-refractivity contribution in [2.75, 3.05) is 25.0 Å². The fourth-order valence-electron chi connectivity index (χ4n) is 3.45. The highest BCUT2D eigenvalue weighted by Gasteiger charge is 2.33. The van der Waals surface area contributed by atoms with Crippen LogP contribution in [0.3, 0.4) is 0 Å². The molecule has 6 nitrogen and oxygen atoms in total. The molecule has 2 atom stereocenters. The fourth-order valence-corrected chi connectivity index (χ4v) is 3.45. The second kappa shape index (κ2) is 8.48. The largest absolute Gasteiger partial charge is 0.351 e. The smallest absolute Gasteiger partial charge is 0.224 e. The zero-order valence-corrected chi connectivity index (χ0v) is 16.6. The molecular weight excluding hydrogens is 338 g/mol. The Morgan fingerprint density at radius 2 is 1.81 bits per heavy atom. The van der Waals surface area contributed by atoms with Crippen LogP contribution in [0.5, 0.6) is 0 Å². The molecule has 2 aromatic rings. The van der Waals surface area contributed by atoms with Gasteiger partial charge in [0.2, 0.25) is 5.91 Å². The van der Waals surface area contributed by atoms with Gasteiger partial charge in [-0.25, -0.2) is 0 Å². The van der Waals surface area contributed by atoms with E-state index < -0.39 is 0 Å². The number of amides is 1. The lowest BCUT2D eigenvalue weighted by atomic mass is 10.0. The summed E-state index contributed by atoms with van der Waals surface area (Å²) in [6.45, 7) is 7.78. The van der Waals surface area contributed by atoms with Gasteiger partial charge in [0.15, 0.2) is 5.82 Å². The van der Waals surface area contributed by atoms with Gasteiger partial charge in [0, 0.05) is 19.1 Å². The van der Waals surface area contributed by atoms with Gasteiger partial charge in [-0.05, 0) is 43.1 Å². The molecule has 0 radical (unpaired) electrons. The number of hydrogen-bond acceptors (Lipinski definition) is 5. The van der Waals surface area contributed by atoms with E-state index in [1.54, 1.807) is 0 Å². The average Bonchev–Trinajstić information content (AvgIpc) is 3.05. The topological polar surface area (TPSA) is 70.2 Å². The Kier molecular flexibility index (Phi) is 6.06. The molecule has 0 unspecified atom stereocenters. The van der Waals surface area contributed by atoms with Crippen molar-refractivity contribution in [2.24, 2.45) is 0 Å². The van der Waals surface area contributed by atoms with Crippen LogP contribution < -0.4 is 15.5 Å². The van der Waals surface area contributed by atoms with E-state index in [2.05, 4.69) is 51.7 Å². The lowest BCUT2D eigenvalue weighted by Gasteiger charge is -2.19. The zero-order chi connectivity index (χ0) is 19.4. The average molecular weight is 367 g/mol. The summed E-state index contributed by atoms with van der Waals surface area (Å²) in [5, 5.41) is 14.9. The van der Waals surface area contributed by atoms with Crippen LogP contribution in [-0.4, -0.2) is 48.3 Å². The maximum absolute atomic E-state index is 12.6. The number of nitrogens with one attached hydrogen (secondary N) is 2.